The van der Waals surface area contributed by atoms with Gasteiger partial charge in [-0.3, -0.25) is 10.6 Å². The second-order valence-corrected chi connectivity index (χ2v) is 6.83. The SMILES string of the molecule is Cc1cc(Br)cc(NS(=O)(=O)c2ccccc2NN)c1. The highest BCUT2D eigenvalue weighted by molar-refractivity contribution is 9.10. The van der Waals surface area contributed by atoms with Crippen molar-refractivity contribution in [3.8, 4) is 0 Å². The number of nitrogens with one attached hydrogen (secondary N) is 2. The number of aryl methyl sites for hydroxylation is 1. The van der Waals surface area contributed by atoms with Gasteiger partial charge in [0.15, 0.2) is 0 Å². The van der Waals surface area contributed by atoms with E-state index >= 15 is 0 Å². The largest absolute Gasteiger partial charge is 0.323 e. The average Bonchev–Trinajstić information content (AvgIpc) is 2.36. The summed E-state index contributed by atoms with van der Waals surface area (Å²) >= 11 is 3.34. The molecule has 0 aliphatic rings. The molecule has 2 aromatic carbocycles. The van der Waals surface area contributed by atoms with Crippen LogP contribution in [0.4, 0.5) is 11.4 Å². The smallest absolute Gasteiger partial charge is 0.264 e. The van der Waals surface area contributed by atoms with E-state index in [1.165, 1.54) is 6.07 Å². The van der Waals surface area contributed by atoms with Crippen molar-refractivity contribution in [1.29, 1.82) is 0 Å². The first-order chi connectivity index (χ1) is 9.42. The van der Waals surface area contributed by atoms with E-state index in [2.05, 4.69) is 26.1 Å². The minimum atomic E-state index is -3.70. The molecule has 106 valence electrons. The number of nitrogen functional groups attached to an aromatic ring is 1. The summed E-state index contributed by atoms with van der Waals surface area (Å²) in [7, 11) is -3.70. The molecule has 5 nitrogen and oxygen atoms in total. The lowest BCUT2D eigenvalue weighted by molar-refractivity contribution is 0.601. The second-order valence-electron chi connectivity index (χ2n) is 4.26. The van der Waals surface area contributed by atoms with Gasteiger partial charge >= 0.3 is 0 Å². The summed E-state index contributed by atoms with van der Waals surface area (Å²) in [6.07, 6.45) is 0. The molecular weight excluding hydrogens is 342 g/mol. The van der Waals surface area contributed by atoms with Crippen molar-refractivity contribution in [1.82, 2.24) is 0 Å². The lowest BCUT2D eigenvalue weighted by Gasteiger charge is -2.12. The van der Waals surface area contributed by atoms with Crippen LogP contribution in [0.25, 0.3) is 0 Å². The highest BCUT2D eigenvalue weighted by Gasteiger charge is 2.18. The molecule has 20 heavy (non-hydrogen) atoms. The summed E-state index contributed by atoms with van der Waals surface area (Å²) in [5.41, 5.74) is 4.16. The molecule has 0 saturated heterocycles. The molecule has 0 radical (unpaired) electrons. The third kappa shape index (κ3) is 3.30. The predicted molar refractivity (Wildman–Crippen MR) is 83.9 cm³/mol. The van der Waals surface area contributed by atoms with Crippen LogP contribution in [0, 0.1) is 6.92 Å². The molecule has 0 spiro atoms. The van der Waals surface area contributed by atoms with Gasteiger partial charge < -0.3 is 5.43 Å². The number of halogens is 1. The van der Waals surface area contributed by atoms with Gasteiger partial charge in [0, 0.05) is 4.47 Å². The minimum Gasteiger partial charge on any atom is -0.323 e. The fraction of sp³-hybridized carbons (Fsp3) is 0.0769. The van der Waals surface area contributed by atoms with Crippen LogP contribution in [-0.2, 0) is 10.0 Å². The van der Waals surface area contributed by atoms with Gasteiger partial charge in [-0.1, -0.05) is 28.1 Å². The highest BCUT2D eigenvalue weighted by Crippen LogP contribution is 2.25. The van der Waals surface area contributed by atoms with E-state index in [4.69, 9.17) is 5.84 Å². The van der Waals surface area contributed by atoms with Crippen LogP contribution < -0.4 is 16.0 Å². The van der Waals surface area contributed by atoms with Crippen LogP contribution in [0.5, 0.6) is 0 Å². The van der Waals surface area contributed by atoms with E-state index in [-0.39, 0.29) is 4.90 Å². The van der Waals surface area contributed by atoms with Crippen molar-refractivity contribution in [2.75, 3.05) is 10.1 Å². The zero-order chi connectivity index (χ0) is 14.8. The van der Waals surface area contributed by atoms with Gasteiger partial charge in [0.2, 0.25) is 0 Å². The van der Waals surface area contributed by atoms with Gasteiger partial charge in [-0.2, -0.15) is 0 Å². The number of anilines is 2. The summed E-state index contributed by atoms with van der Waals surface area (Å²) in [5.74, 6) is 5.34. The van der Waals surface area contributed by atoms with Crippen molar-refractivity contribution in [3.63, 3.8) is 0 Å². The fourth-order valence-electron chi connectivity index (χ4n) is 1.83. The Morgan fingerprint density at radius 1 is 1.15 bits per heavy atom. The quantitative estimate of drug-likeness (QED) is 0.581. The van der Waals surface area contributed by atoms with Crippen LogP contribution in [0.2, 0.25) is 0 Å². The Hall–Kier alpha value is -1.57. The number of benzene rings is 2. The van der Waals surface area contributed by atoms with E-state index in [0.717, 1.165) is 10.0 Å². The van der Waals surface area contributed by atoms with Gasteiger partial charge in [0.05, 0.1) is 11.4 Å². The first kappa shape index (κ1) is 14.8. The molecule has 4 N–H and O–H groups in total. The van der Waals surface area contributed by atoms with Gasteiger partial charge in [-0.25, -0.2) is 8.42 Å². The summed E-state index contributed by atoms with van der Waals surface area (Å²) in [6.45, 7) is 1.89. The van der Waals surface area contributed by atoms with Crippen molar-refractivity contribution in [2.24, 2.45) is 5.84 Å². The first-order valence-electron chi connectivity index (χ1n) is 5.78. The van der Waals surface area contributed by atoms with Crippen molar-refractivity contribution < 1.29 is 8.42 Å². The molecule has 0 bridgehead atoms. The number of hydrogen-bond acceptors (Lipinski definition) is 4. The first-order valence-corrected chi connectivity index (χ1v) is 8.05. The molecule has 2 aromatic rings. The zero-order valence-corrected chi connectivity index (χ0v) is 13.1. The molecule has 0 aliphatic carbocycles. The van der Waals surface area contributed by atoms with Gasteiger partial charge in [0.1, 0.15) is 4.90 Å². The Bertz CT molecular complexity index is 712. The Balaban J connectivity index is 2.41. The lowest BCUT2D eigenvalue weighted by atomic mass is 10.2. The molecule has 0 atom stereocenters. The molecular formula is C13H14BrN3O2S. The minimum absolute atomic E-state index is 0.0973. The Morgan fingerprint density at radius 2 is 1.85 bits per heavy atom. The summed E-state index contributed by atoms with van der Waals surface area (Å²) in [5, 5.41) is 0. The maximum absolute atomic E-state index is 12.4. The summed E-state index contributed by atoms with van der Waals surface area (Å²) in [4.78, 5) is 0.0973. The zero-order valence-electron chi connectivity index (χ0n) is 10.7. The monoisotopic (exact) mass is 355 g/mol. The Morgan fingerprint density at radius 3 is 2.50 bits per heavy atom. The number of para-hydroxylation sites is 1. The van der Waals surface area contributed by atoms with Crippen LogP contribution in [-0.4, -0.2) is 8.42 Å². The molecule has 0 aromatic heterocycles. The molecule has 0 heterocycles. The number of nitrogens with two attached hydrogens (primary N) is 1. The van der Waals surface area contributed by atoms with Crippen molar-refractivity contribution in [3.05, 3.63) is 52.5 Å². The van der Waals surface area contributed by atoms with Crippen molar-refractivity contribution >= 4 is 37.3 Å². The molecule has 0 fully saturated rings. The maximum Gasteiger partial charge on any atom is 0.264 e. The van der Waals surface area contributed by atoms with E-state index in [1.807, 2.05) is 13.0 Å². The van der Waals surface area contributed by atoms with E-state index in [9.17, 15) is 8.42 Å². The van der Waals surface area contributed by atoms with E-state index < -0.39 is 10.0 Å². The molecule has 2 rings (SSSR count). The van der Waals surface area contributed by atoms with Crippen LogP contribution in [0.3, 0.4) is 0 Å². The maximum atomic E-state index is 12.4. The van der Waals surface area contributed by atoms with Crippen LogP contribution >= 0.6 is 15.9 Å². The van der Waals surface area contributed by atoms with Gasteiger partial charge in [-0.15, -0.1) is 0 Å². The van der Waals surface area contributed by atoms with Gasteiger partial charge in [0.25, 0.3) is 10.0 Å². The van der Waals surface area contributed by atoms with E-state index in [0.29, 0.717) is 11.4 Å². The topological polar surface area (TPSA) is 84.2 Å². The van der Waals surface area contributed by atoms with Crippen LogP contribution in [0.15, 0.2) is 51.8 Å². The summed E-state index contributed by atoms with van der Waals surface area (Å²) in [6, 6.07) is 11.8. The molecule has 0 amide bonds. The van der Waals surface area contributed by atoms with Gasteiger partial charge in [-0.05, 0) is 42.8 Å². The fourth-order valence-corrected chi connectivity index (χ4v) is 3.65. The standard InChI is InChI=1S/C13H14BrN3O2S/c1-9-6-10(14)8-11(7-9)17-20(18,19)13-5-3-2-4-12(13)16-15/h2-8,16-17H,15H2,1H3. The predicted octanol–water partition coefficient (Wildman–Crippen LogP) is 2.84. The normalized spacial score (nSPS) is 11.2. The number of hydrazine groups is 1. The van der Waals surface area contributed by atoms with Crippen molar-refractivity contribution in [2.45, 2.75) is 11.8 Å². The number of sulfonamides is 1. The number of hydrogen-bond donors (Lipinski definition) is 3. The lowest BCUT2D eigenvalue weighted by Crippen LogP contribution is -2.17. The molecule has 0 aliphatic heterocycles. The molecule has 7 heteroatoms. The molecule has 0 unspecified atom stereocenters. The highest BCUT2D eigenvalue weighted by atomic mass is 79.9. The average molecular weight is 356 g/mol. The Labute approximate surface area is 126 Å². The number of rotatable bonds is 4. The van der Waals surface area contributed by atoms with E-state index in [1.54, 1.807) is 30.3 Å². The second kappa shape index (κ2) is 5.82. The third-order valence-corrected chi connectivity index (χ3v) is 4.52. The third-order valence-electron chi connectivity index (χ3n) is 2.63. The van der Waals surface area contributed by atoms with Crippen LogP contribution in [0.1, 0.15) is 5.56 Å². The Kier molecular flexibility index (Phi) is 4.32. The molecule has 0 saturated carbocycles. The summed E-state index contributed by atoms with van der Waals surface area (Å²) < 4.78 is 28.1.